The molecule has 0 aliphatic heterocycles. The molecule has 0 saturated heterocycles. The third-order valence-corrected chi connectivity index (χ3v) is 5.63. The van der Waals surface area contributed by atoms with E-state index in [9.17, 15) is 4.79 Å². The van der Waals surface area contributed by atoms with Gasteiger partial charge in [0.25, 0.3) is 0 Å². The number of methoxy groups -OCH3 is 1. The summed E-state index contributed by atoms with van der Waals surface area (Å²) in [5.74, 6) is 1.63. The van der Waals surface area contributed by atoms with Gasteiger partial charge in [-0.05, 0) is 51.5 Å². The van der Waals surface area contributed by atoms with E-state index in [0.29, 0.717) is 6.54 Å². The predicted molar refractivity (Wildman–Crippen MR) is 127 cm³/mol. The van der Waals surface area contributed by atoms with Gasteiger partial charge < -0.3 is 20.3 Å². The number of ether oxygens (including phenoxy) is 1. The standard InChI is InChI=1S/C22H32N6O2S/c1-7-8-13-23-17(29)14-27(5)21-26-28-19(25-22(2,3)4)18(24-20(28)31-21)15-9-11-16(30-6)12-10-15/h9-12,25H,7-8,13-14H2,1-6H3,(H,23,29). The lowest BCUT2D eigenvalue weighted by Crippen LogP contribution is -2.35. The Morgan fingerprint density at radius 3 is 2.58 bits per heavy atom. The van der Waals surface area contributed by atoms with Gasteiger partial charge in [0.05, 0.1) is 13.7 Å². The molecule has 3 aromatic rings. The van der Waals surface area contributed by atoms with E-state index in [1.165, 1.54) is 11.3 Å². The van der Waals surface area contributed by atoms with Gasteiger partial charge in [-0.1, -0.05) is 24.7 Å². The van der Waals surface area contributed by atoms with E-state index in [2.05, 4.69) is 38.3 Å². The first-order valence-electron chi connectivity index (χ1n) is 10.5. The summed E-state index contributed by atoms with van der Waals surface area (Å²) in [7, 11) is 3.53. The minimum Gasteiger partial charge on any atom is -0.497 e. The van der Waals surface area contributed by atoms with E-state index >= 15 is 0 Å². The van der Waals surface area contributed by atoms with Crippen LogP contribution in [0.15, 0.2) is 24.3 Å². The normalized spacial score (nSPS) is 11.5. The minimum absolute atomic E-state index is 0.00393. The number of hydrogen-bond acceptors (Lipinski definition) is 7. The molecule has 1 aromatic carbocycles. The van der Waals surface area contributed by atoms with Gasteiger partial charge in [0.2, 0.25) is 16.0 Å². The number of aromatic nitrogens is 3. The first-order chi connectivity index (χ1) is 14.7. The maximum Gasteiger partial charge on any atom is 0.239 e. The van der Waals surface area contributed by atoms with Crippen LogP contribution in [0.2, 0.25) is 0 Å². The molecule has 2 aromatic heterocycles. The molecule has 168 valence electrons. The van der Waals surface area contributed by atoms with E-state index in [1.54, 1.807) is 7.11 Å². The molecule has 2 heterocycles. The van der Waals surface area contributed by atoms with Crippen molar-refractivity contribution in [3.8, 4) is 17.0 Å². The molecule has 9 heteroatoms. The van der Waals surface area contributed by atoms with E-state index < -0.39 is 0 Å². The van der Waals surface area contributed by atoms with Gasteiger partial charge in [0.1, 0.15) is 11.4 Å². The fourth-order valence-corrected chi connectivity index (χ4v) is 3.92. The highest BCUT2D eigenvalue weighted by Crippen LogP contribution is 2.35. The minimum atomic E-state index is -0.175. The molecule has 0 aliphatic rings. The Labute approximate surface area is 187 Å². The van der Waals surface area contributed by atoms with Crippen LogP contribution in [0.25, 0.3) is 16.2 Å². The molecule has 0 saturated carbocycles. The number of fused-ring (bicyclic) bond motifs is 1. The van der Waals surface area contributed by atoms with Gasteiger partial charge in [0, 0.05) is 24.7 Å². The summed E-state index contributed by atoms with van der Waals surface area (Å²) < 4.78 is 7.10. The monoisotopic (exact) mass is 444 g/mol. The van der Waals surface area contributed by atoms with Crippen molar-refractivity contribution in [1.82, 2.24) is 19.9 Å². The Hall–Kier alpha value is -2.81. The van der Waals surface area contributed by atoms with Crippen LogP contribution in [0.3, 0.4) is 0 Å². The smallest absolute Gasteiger partial charge is 0.239 e. The van der Waals surface area contributed by atoms with Crippen molar-refractivity contribution < 1.29 is 9.53 Å². The molecule has 1 amide bonds. The first-order valence-corrected chi connectivity index (χ1v) is 11.3. The molecule has 8 nitrogen and oxygen atoms in total. The maximum atomic E-state index is 12.2. The van der Waals surface area contributed by atoms with Crippen LogP contribution in [0.1, 0.15) is 40.5 Å². The van der Waals surface area contributed by atoms with E-state index in [-0.39, 0.29) is 18.0 Å². The Balaban J connectivity index is 1.90. The van der Waals surface area contributed by atoms with Crippen molar-refractivity contribution in [2.75, 3.05) is 37.5 Å². The zero-order chi connectivity index (χ0) is 22.6. The number of amides is 1. The Morgan fingerprint density at radius 2 is 1.97 bits per heavy atom. The largest absolute Gasteiger partial charge is 0.497 e. The van der Waals surface area contributed by atoms with Gasteiger partial charge in [-0.3, -0.25) is 4.79 Å². The molecule has 0 fully saturated rings. The molecular weight excluding hydrogens is 412 g/mol. The number of nitrogens with zero attached hydrogens (tertiary/aromatic N) is 4. The molecule has 0 radical (unpaired) electrons. The summed E-state index contributed by atoms with van der Waals surface area (Å²) in [6.07, 6.45) is 2.04. The third-order valence-electron chi connectivity index (χ3n) is 4.61. The van der Waals surface area contributed by atoms with Gasteiger partial charge >= 0.3 is 0 Å². The Kier molecular flexibility index (Phi) is 7.04. The van der Waals surface area contributed by atoms with E-state index in [4.69, 9.17) is 14.8 Å². The molecule has 0 aliphatic carbocycles. The topological polar surface area (TPSA) is 83.8 Å². The summed E-state index contributed by atoms with van der Waals surface area (Å²) in [5.41, 5.74) is 1.64. The van der Waals surface area contributed by atoms with Crippen LogP contribution in [0.5, 0.6) is 5.75 Å². The maximum absolute atomic E-state index is 12.2. The summed E-state index contributed by atoms with van der Waals surface area (Å²) in [4.78, 5) is 19.7. The molecule has 2 N–H and O–H groups in total. The quantitative estimate of drug-likeness (QED) is 0.485. The highest BCUT2D eigenvalue weighted by molar-refractivity contribution is 7.20. The van der Waals surface area contributed by atoms with Crippen molar-refractivity contribution >= 4 is 33.2 Å². The molecule has 31 heavy (non-hydrogen) atoms. The second-order valence-electron chi connectivity index (χ2n) is 8.55. The summed E-state index contributed by atoms with van der Waals surface area (Å²) in [6, 6.07) is 7.83. The van der Waals surface area contributed by atoms with Crippen LogP contribution in [0, 0.1) is 0 Å². The number of rotatable bonds is 9. The summed E-state index contributed by atoms with van der Waals surface area (Å²) in [6.45, 7) is 9.37. The van der Waals surface area contributed by atoms with Crippen LogP contribution in [0.4, 0.5) is 10.9 Å². The van der Waals surface area contributed by atoms with Crippen molar-refractivity contribution in [1.29, 1.82) is 0 Å². The summed E-state index contributed by atoms with van der Waals surface area (Å²) in [5, 5.41) is 12.0. The second kappa shape index (κ2) is 9.55. The fraction of sp³-hybridized carbons (Fsp3) is 0.500. The number of anilines is 2. The predicted octanol–water partition coefficient (Wildman–Crippen LogP) is 4.03. The van der Waals surface area contributed by atoms with Crippen LogP contribution < -0.4 is 20.3 Å². The number of benzene rings is 1. The van der Waals surface area contributed by atoms with E-state index in [1.807, 2.05) is 40.7 Å². The third kappa shape index (κ3) is 5.66. The first kappa shape index (κ1) is 22.9. The molecule has 3 rings (SSSR count). The van der Waals surface area contributed by atoms with Gasteiger partial charge in [0.15, 0.2) is 5.82 Å². The number of imidazole rings is 1. The molecule has 0 bridgehead atoms. The zero-order valence-corrected chi connectivity index (χ0v) is 20.0. The van der Waals surface area contributed by atoms with Crippen molar-refractivity contribution in [2.45, 2.75) is 46.1 Å². The lowest BCUT2D eigenvalue weighted by molar-refractivity contribution is -0.119. The number of nitrogens with one attached hydrogen (secondary N) is 2. The average molecular weight is 445 g/mol. The van der Waals surface area contributed by atoms with Crippen LogP contribution in [-0.2, 0) is 4.79 Å². The number of unbranched alkanes of at least 4 members (excludes halogenated alkanes) is 1. The fourth-order valence-electron chi connectivity index (χ4n) is 3.05. The van der Waals surface area contributed by atoms with E-state index in [0.717, 1.165) is 45.8 Å². The van der Waals surface area contributed by atoms with Crippen LogP contribution >= 0.6 is 11.3 Å². The average Bonchev–Trinajstić information content (AvgIpc) is 3.27. The summed E-state index contributed by atoms with van der Waals surface area (Å²) >= 11 is 1.46. The molecule has 0 atom stereocenters. The number of likely N-dealkylation sites (N-methyl/N-ethyl adjacent to an activating group) is 1. The van der Waals surface area contributed by atoms with Gasteiger partial charge in [-0.2, -0.15) is 4.52 Å². The highest BCUT2D eigenvalue weighted by Gasteiger charge is 2.23. The lowest BCUT2D eigenvalue weighted by atomic mass is 10.1. The number of hydrogen-bond donors (Lipinski definition) is 2. The molecular formula is C22H32N6O2S. The second-order valence-corrected chi connectivity index (χ2v) is 9.49. The zero-order valence-electron chi connectivity index (χ0n) is 19.2. The van der Waals surface area contributed by atoms with Gasteiger partial charge in [-0.25, -0.2) is 4.98 Å². The van der Waals surface area contributed by atoms with Crippen LogP contribution in [-0.4, -0.2) is 53.3 Å². The number of carbonyl (C=O) groups excluding carboxylic acids is 1. The highest BCUT2D eigenvalue weighted by atomic mass is 32.1. The Morgan fingerprint density at radius 1 is 1.26 bits per heavy atom. The van der Waals surface area contributed by atoms with Crippen molar-refractivity contribution in [2.24, 2.45) is 0 Å². The lowest BCUT2D eigenvalue weighted by Gasteiger charge is -2.22. The van der Waals surface area contributed by atoms with Crippen molar-refractivity contribution in [3.05, 3.63) is 24.3 Å². The number of carbonyl (C=O) groups is 1. The Bertz CT molecular complexity index is 1020. The molecule has 0 spiro atoms. The molecule has 0 unspecified atom stereocenters. The van der Waals surface area contributed by atoms with Gasteiger partial charge in [-0.15, -0.1) is 5.10 Å². The van der Waals surface area contributed by atoms with Crippen molar-refractivity contribution in [3.63, 3.8) is 0 Å². The SMILES string of the molecule is CCCCNC(=O)CN(C)c1nn2c(NC(C)(C)C)c(-c3ccc(OC)cc3)nc2s1.